The van der Waals surface area contributed by atoms with Crippen molar-refractivity contribution in [3.05, 3.63) is 0 Å². The molecule has 0 aliphatic heterocycles. The lowest BCUT2D eigenvalue weighted by atomic mass is 10.0. The minimum Gasteiger partial charge on any atom is -0.392 e. The Bertz CT molecular complexity index is 358. The lowest BCUT2D eigenvalue weighted by Gasteiger charge is -2.29. The highest BCUT2D eigenvalue weighted by atomic mass is 32.2. The van der Waals surface area contributed by atoms with E-state index in [1.165, 1.54) is 0 Å². The van der Waals surface area contributed by atoms with Crippen molar-refractivity contribution in [2.24, 2.45) is 11.1 Å². The molecule has 4 nitrogen and oxygen atoms in total. The maximum absolute atomic E-state index is 11.9. The molecule has 0 aromatic rings. The average molecular weight is 266 g/mol. The molecule has 1 atom stereocenters. The molecule has 0 radical (unpaired) electrons. The molecule has 0 aromatic heterocycles. The van der Waals surface area contributed by atoms with E-state index in [1.54, 1.807) is 6.92 Å². The number of nitrogens with two attached hydrogens (primary N) is 1. The number of hydrogen-bond donors (Lipinski definition) is 2. The van der Waals surface area contributed by atoms with E-state index in [1.807, 2.05) is 27.7 Å². The minimum atomic E-state index is -3.37. The molecule has 0 saturated carbocycles. The fourth-order valence-electron chi connectivity index (χ4n) is 1.25. The van der Waals surface area contributed by atoms with E-state index in [4.69, 9.17) is 18.0 Å². The lowest BCUT2D eigenvalue weighted by Crippen LogP contribution is -2.55. The molecule has 0 aliphatic carbocycles. The van der Waals surface area contributed by atoms with Crippen molar-refractivity contribution >= 4 is 27.2 Å². The Morgan fingerprint density at radius 3 is 2.00 bits per heavy atom. The van der Waals surface area contributed by atoms with Crippen LogP contribution in [0.1, 0.15) is 41.0 Å². The summed E-state index contributed by atoms with van der Waals surface area (Å²) >= 11 is 4.89. The van der Waals surface area contributed by atoms with Crippen molar-refractivity contribution in [1.82, 2.24) is 4.72 Å². The van der Waals surface area contributed by atoms with Crippen LogP contribution in [-0.4, -0.2) is 24.7 Å². The van der Waals surface area contributed by atoms with Crippen LogP contribution in [-0.2, 0) is 10.0 Å². The smallest absolute Gasteiger partial charge is 0.212 e. The monoisotopic (exact) mass is 266 g/mol. The standard InChI is InChI=1S/C10H22N2O2S2/c1-6-10(5,8(11)15)12-16(13,14)7-9(2,3)4/h12H,6-7H2,1-5H3,(H2,11,15). The molecular formula is C10H22N2O2S2. The van der Waals surface area contributed by atoms with Gasteiger partial charge in [0.25, 0.3) is 0 Å². The maximum Gasteiger partial charge on any atom is 0.212 e. The zero-order chi connectivity index (χ0) is 13.2. The molecule has 0 aromatic carbocycles. The first-order valence-corrected chi connectivity index (χ1v) is 7.29. The molecule has 0 aliphatic rings. The van der Waals surface area contributed by atoms with Crippen LogP contribution in [0.2, 0.25) is 0 Å². The summed E-state index contributed by atoms with van der Waals surface area (Å²) in [5, 5.41) is 0. The summed E-state index contributed by atoms with van der Waals surface area (Å²) in [7, 11) is -3.37. The van der Waals surface area contributed by atoms with Gasteiger partial charge in [-0.3, -0.25) is 0 Å². The molecule has 0 saturated heterocycles. The van der Waals surface area contributed by atoms with Gasteiger partial charge in [0.15, 0.2) is 0 Å². The molecular weight excluding hydrogens is 244 g/mol. The largest absolute Gasteiger partial charge is 0.392 e. The Morgan fingerprint density at radius 1 is 1.31 bits per heavy atom. The van der Waals surface area contributed by atoms with E-state index < -0.39 is 15.6 Å². The molecule has 16 heavy (non-hydrogen) atoms. The Balaban J connectivity index is 4.90. The number of rotatable bonds is 5. The van der Waals surface area contributed by atoms with Crippen LogP contribution in [0.4, 0.5) is 0 Å². The van der Waals surface area contributed by atoms with Gasteiger partial charge in [0.1, 0.15) is 0 Å². The quantitative estimate of drug-likeness (QED) is 0.738. The van der Waals surface area contributed by atoms with Crippen molar-refractivity contribution in [1.29, 1.82) is 0 Å². The van der Waals surface area contributed by atoms with Gasteiger partial charge in [-0.15, -0.1) is 0 Å². The minimum absolute atomic E-state index is 0.0538. The van der Waals surface area contributed by atoms with Gasteiger partial charge >= 0.3 is 0 Å². The predicted molar refractivity (Wildman–Crippen MR) is 71.9 cm³/mol. The van der Waals surface area contributed by atoms with Crippen LogP contribution in [0.5, 0.6) is 0 Å². The normalized spacial score (nSPS) is 16.8. The highest BCUT2D eigenvalue weighted by molar-refractivity contribution is 7.89. The second-order valence-corrected chi connectivity index (χ2v) is 7.63. The van der Waals surface area contributed by atoms with Crippen LogP contribution >= 0.6 is 12.2 Å². The van der Waals surface area contributed by atoms with Gasteiger partial charge in [-0.1, -0.05) is 39.9 Å². The van der Waals surface area contributed by atoms with Gasteiger partial charge in [-0.05, 0) is 18.8 Å². The Morgan fingerprint density at radius 2 is 1.75 bits per heavy atom. The van der Waals surface area contributed by atoms with Gasteiger partial charge < -0.3 is 5.73 Å². The zero-order valence-corrected chi connectivity index (χ0v) is 12.3. The molecule has 96 valence electrons. The van der Waals surface area contributed by atoms with Gasteiger partial charge in [0.2, 0.25) is 10.0 Å². The van der Waals surface area contributed by atoms with E-state index in [0.29, 0.717) is 6.42 Å². The molecule has 0 bridgehead atoms. The second-order valence-electron chi connectivity index (χ2n) is 5.47. The number of thiocarbonyl (C=S) groups is 1. The lowest BCUT2D eigenvalue weighted by molar-refractivity contribution is 0.447. The van der Waals surface area contributed by atoms with Crippen molar-refractivity contribution in [2.45, 2.75) is 46.6 Å². The Labute approximate surface area is 104 Å². The van der Waals surface area contributed by atoms with Crippen LogP contribution in [0, 0.1) is 5.41 Å². The van der Waals surface area contributed by atoms with E-state index in [0.717, 1.165) is 0 Å². The first kappa shape index (κ1) is 15.8. The summed E-state index contributed by atoms with van der Waals surface area (Å²) < 4.78 is 26.4. The first-order chi connectivity index (χ1) is 6.92. The SMILES string of the molecule is CCC(C)(NS(=O)(=O)CC(C)(C)C)C(N)=S. The van der Waals surface area contributed by atoms with E-state index >= 15 is 0 Å². The first-order valence-electron chi connectivity index (χ1n) is 5.23. The summed E-state index contributed by atoms with van der Waals surface area (Å²) in [6.07, 6.45) is 0.533. The highest BCUT2D eigenvalue weighted by Gasteiger charge is 2.32. The van der Waals surface area contributed by atoms with Crippen LogP contribution in [0.25, 0.3) is 0 Å². The number of sulfonamides is 1. The van der Waals surface area contributed by atoms with Crippen molar-refractivity contribution in [2.75, 3.05) is 5.75 Å². The molecule has 3 N–H and O–H groups in total. The van der Waals surface area contributed by atoms with Gasteiger partial charge in [0, 0.05) is 0 Å². The molecule has 1 unspecified atom stereocenters. The Hall–Kier alpha value is -0.200. The van der Waals surface area contributed by atoms with Crippen molar-refractivity contribution < 1.29 is 8.42 Å². The van der Waals surface area contributed by atoms with Crippen LogP contribution in [0.3, 0.4) is 0 Å². The third kappa shape index (κ3) is 5.23. The molecule has 0 fully saturated rings. The van der Waals surface area contributed by atoms with Crippen LogP contribution < -0.4 is 10.5 Å². The summed E-state index contributed by atoms with van der Waals surface area (Å²) in [4.78, 5) is 0.174. The highest BCUT2D eigenvalue weighted by Crippen LogP contribution is 2.18. The average Bonchev–Trinajstić information content (AvgIpc) is 1.97. The predicted octanol–water partition coefficient (Wildman–Crippen LogP) is 1.41. The number of nitrogens with one attached hydrogen (secondary N) is 1. The van der Waals surface area contributed by atoms with Gasteiger partial charge in [-0.2, -0.15) is 0 Å². The van der Waals surface area contributed by atoms with E-state index in [2.05, 4.69) is 4.72 Å². The van der Waals surface area contributed by atoms with Crippen molar-refractivity contribution in [3.63, 3.8) is 0 Å². The fourth-order valence-corrected chi connectivity index (χ4v) is 3.66. The van der Waals surface area contributed by atoms with Crippen molar-refractivity contribution in [3.8, 4) is 0 Å². The molecule has 6 heteroatoms. The van der Waals surface area contributed by atoms with Gasteiger partial charge in [-0.25, -0.2) is 13.1 Å². The second kappa shape index (κ2) is 4.98. The molecule has 0 heterocycles. The summed E-state index contributed by atoms with van der Waals surface area (Å²) in [6, 6.07) is 0. The Kier molecular flexibility index (Phi) is 4.91. The third-order valence-corrected chi connectivity index (χ3v) is 4.71. The van der Waals surface area contributed by atoms with Crippen LogP contribution in [0.15, 0.2) is 0 Å². The molecule has 0 spiro atoms. The third-order valence-electron chi connectivity index (χ3n) is 2.25. The molecule has 0 amide bonds. The maximum atomic E-state index is 11.9. The van der Waals surface area contributed by atoms with Gasteiger partial charge in [0.05, 0.1) is 16.3 Å². The topological polar surface area (TPSA) is 72.2 Å². The zero-order valence-electron chi connectivity index (χ0n) is 10.6. The molecule has 0 rings (SSSR count). The number of hydrogen-bond acceptors (Lipinski definition) is 3. The summed E-state index contributed by atoms with van der Waals surface area (Å²) in [5.41, 5.74) is 4.43. The fraction of sp³-hybridized carbons (Fsp3) is 0.900. The summed E-state index contributed by atoms with van der Waals surface area (Å²) in [6.45, 7) is 9.16. The summed E-state index contributed by atoms with van der Waals surface area (Å²) in [5.74, 6) is 0.0538. The van der Waals surface area contributed by atoms with E-state index in [9.17, 15) is 8.42 Å². The van der Waals surface area contributed by atoms with E-state index in [-0.39, 0.29) is 16.2 Å².